The van der Waals surface area contributed by atoms with Crippen molar-refractivity contribution in [2.45, 2.75) is 11.8 Å². The summed E-state index contributed by atoms with van der Waals surface area (Å²) in [5.74, 6) is 3.81. The number of pyridine rings is 2. The minimum atomic E-state index is 0.0692. The van der Waals surface area contributed by atoms with Crippen molar-refractivity contribution in [3.63, 3.8) is 0 Å². The molecule has 0 saturated carbocycles. The van der Waals surface area contributed by atoms with E-state index in [-0.39, 0.29) is 11.8 Å². The Labute approximate surface area is 463 Å². The van der Waals surface area contributed by atoms with E-state index in [0.717, 1.165) is 77.9 Å². The summed E-state index contributed by atoms with van der Waals surface area (Å²) < 4.78 is 0. The Kier molecular flexibility index (Phi) is 11.5. The molecule has 4 aromatic heterocycles. The Balaban J connectivity index is 0.790. The Hall–Kier alpha value is -10.7. The lowest BCUT2D eigenvalue weighted by atomic mass is 9.60. The van der Waals surface area contributed by atoms with E-state index in [1.165, 1.54) is 33.4 Å². The summed E-state index contributed by atoms with van der Waals surface area (Å²) in [4.78, 5) is 39.4. The molecular formula is C72H46N8. The van der Waals surface area contributed by atoms with E-state index in [0.29, 0.717) is 34.9 Å². The molecule has 8 heteroatoms. The highest BCUT2D eigenvalue weighted by Gasteiger charge is 2.41. The quantitative estimate of drug-likeness (QED) is 0.133. The van der Waals surface area contributed by atoms with Crippen molar-refractivity contribution >= 4 is 0 Å². The zero-order valence-corrected chi connectivity index (χ0v) is 43.1. The summed E-state index contributed by atoms with van der Waals surface area (Å²) in [6.45, 7) is 0. The maximum absolute atomic E-state index is 5.21. The second kappa shape index (κ2) is 19.7. The molecular weight excluding hydrogens is 977 g/mol. The molecule has 0 N–H and O–H groups in total. The Morgan fingerprint density at radius 1 is 0.188 bits per heavy atom. The second-order valence-corrected chi connectivity index (χ2v) is 20.3. The fraction of sp³-hybridized carbons (Fsp3) is 0.0278. The van der Waals surface area contributed by atoms with Gasteiger partial charge in [0.1, 0.15) is 0 Å². The first-order chi connectivity index (χ1) is 39.6. The molecule has 2 bridgehead atoms. The topological polar surface area (TPSA) is 103 Å². The monoisotopic (exact) mass is 1020 g/mol. The minimum Gasteiger partial charge on any atom is -0.265 e. The zero-order valence-electron chi connectivity index (χ0n) is 43.1. The first kappa shape index (κ1) is 46.6. The molecule has 16 rings (SSSR count). The third-order valence-electron chi connectivity index (χ3n) is 15.6. The molecule has 0 aliphatic heterocycles. The number of rotatable bonds is 10. The van der Waals surface area contributed by atoms with E-state index >= 15 is 0 Å². The number of benzene rings is 9. The lowest BCUT2D eigenvalue weighted by Crippen LogP contribution is -2.27. The Bertz CT molecular complexity index is 4200. The highest BCUT2D eigenvalue weighted by molar-refractivity contribution is 5.84. The van der Waals surface area contributed by atoms with Crippen LogP contribution in [0.15, 0.2) is 267 Å². The summed E-state index contributed by atoms with van der Waals surface area (Å²) in [6.07, 6.45) is 7.26. The van der Waals surface area contributed by atoms with Gasteiger partial charge in [0.05, 0.1) is 0 Å². The average Bonchev–Trinajstić information content (AvgIpc) is 3.64. The van der Waals surface area contributed by atoms with Crippen LogP contribution in [-0.4, -0.2) is 39.9 Å². The van der Waals surface area contributed by atoms with Crippen molar-refractivity contribution in [3.05, 3.63) is 301 Å². The predicted octanol–water partition coefficient (Wildman–Crippen LogP) is 16.5. The molecule has 0 amide bonds. The van der Waals surface area contributed by atoms with E-state index in [1.807, 2.05) is 134 Å². The second-order valence-electron chi connectivity index (χ2n) is 20.3. The molecule has 80 heavy (non-hydrogen) atoms. The van der Waals surface area contributed by atoms with Crippen molar-refractivity contribution < 1.29 is 0 Å². The third kappa shape index (κ3) is 8.34. The van der Waals surface area contributed by atoms with Gasteiger partial charge in [-0.3, -0.25) is 9.97 Å². The van der Waals surface area contributed by atoms with E-state index in [9.17, 15) is 0 Å². The molecule has 13 aromatic rings. The first-order valence-corrected chi connectivity index (χ1v) is 26.9. The largest absolute Gasteiger partial charge is 0.265 e. The van der Waals surface area contributed by atoms with Gasteiger partial charge in [-0.05, 0) is 126 Å². The average molecular weight is 1020 g/mol. The highest BCUT2D eigenvalue weighted by atomic mass is 15.0. The van der Waals surface area contributed by atoms with Crippen LogP contribution in [0.4, 0.5) is 0 Å². The maximum Gasteiger partial charge on any atom is 0.164 e. The smallest absolute Gasteiger partial charge is 0.164 e. The molecule has 0 spiro atoms. The number of hydrogen-bond acceptors (Lipinski definition) is 8. The Morgan fingerprint density at radius 3 is 0.925 bits per heavy atom. The normalized spacial score (nSPS) is 13.8. The molecule has 0 fully saturated rings. The van der Waals surface area contributed by atoms with Crippen LogP contribution >= 0.6 is 0 Å². The molecule has 0 saturated heterocycles. The summed E-state index contributed by atoms with van der Waals surface area (Å²) in [5.41, 5.74) is 22.2. The van der Waals surface area contributed by atoms with Crippen LogP contribution in [0.5, 0.6) is 0 Å². The van der Waals surface area contributed by atoms with Gasteiger partial charge < -0.3 is 0 Å². The lowest BCUT2D eigenvalue weighted by molar-refractivity contribution is 0.755. The molecule has 2 unspecified atom stereocenters. The third-order valence-corrected chi connectivity index (χ3v) is 15.6. The van der Waals surface area contributed by atoms with E-state index < -0.39 is 0 Å². The van der Waals surface area contributed by atoms with Crippen LogP contribution in [0, 0.1) is 0 Å². The maximum atomic E-state index is 5.21. The van der Waals surface area contributed by atoms with Gasteiger partial charge in [0.25, 0.3) is 0 Å². The zero-order chi connectivity index (χ0) is 52.9. The van der Waals surface area contributed by atoms with Crippen molar-refractivity contribution in [2.75, 3.05) is 0 Å². The molecule has 3 aliphatic carbocycles. The van der Waals surface area contributed by atoms with E-state index in [2.05, 4.69) is 143 Å². The van der Waals surface area contributed by atoms with Crippen LogP contribution in [-0.2, 0) is 0 Å². The predicted molar refractivity (Wildman–Crippen MR) is 318 cm³/mol. The first-order valence-electron chi connectivity index (χ1n) is 26.9. The van der Waals surface area contributed by atoms with Crippen molar-refractivity contribution in [1.29, 1.82) is 0 Å². The van der Waals surface area contributed by atoms with Gasteiger partial charge in [-0.15, -0.1) is 0 Å². The van der Waals surface area contributed by atoms with Crippen molar-refractivity contribution in [2.24, 2.45) is 0 Å². The molecule has 4 heterocycles. The Morgan fingerprint density at radius 2 is 0.500 bits per heavy atom. The van der Waals surface area contributed by atoms with Crippen LogP contribution in [0.3, 0.4) is 0 Å². The molecule has 374 valence electrons. The van der Waals surface area contributed by atoms with Crippen molar-refractivity contribution in [3.8, 4) is 113 Å². The van der Waals surface area contributed by atoms with Gasteiger partial charge in [0.2, 0.25) is 0 Å². The van der Waals surface area contributed by atoms with Gasteiger partial charge in [-0.1, -0.05) is 194 Å². The summed E-state index contributed by atoms with van der Waals surface area (Å²) in [5, 5.41) is 0. The number of aromatic nitrogens is 8. The van der Waals surface area contributed by atoms with Gasteiger partial charge in [-0.2, -0.15) is 0 Å². The molecule has 9 aromatic carbocycles. The fourth-order valence-corrected chi connectivity index (χ4v) is 11.9. The van der Waals surface area contributed by atoms with Crippen LogP contribution in [0.1, 0.15) is 45.2 Å². The van der Waals surface area contributed by atoms with Crippen LogP contribution in [0.2, 0.25) is 0 Å². The lowest BCUT2D eigenvalue weighted by Gasteiger charge is -2.42. The van der Waals surface area contributed by atoms with Crippen LogP contribution in [0.25, 0.3) is 113 Å². The van der Waals surface area contributed by atoms with Gasteiger partial charge >= 0.3 is 0 Å². The number of nitrogens with zero attached hydrogens (tertiary/aromatic N) is 8. The van der Waals surface area contributed by atoms with Crippen molar-refractivity contribution in [1.82, 2.24) is 39.9 Å². The summed E-state index contributed by atoms with van der Waals surface area (Å²) in [6, 6.07) is 85.3. The molecule has 0 radical (unpaired) electrons. The minimum absolute atomic E-state index is 0.0692. The summed E-state index contributed by atoms with van der Waals surface area (Å²) >= 11 is 0. The van der Waals surface area contributed by atoms with Gasteiger partial charge in [-0.25, -0.2) is 29.9 Å². The SMILES string of the molecule is c1ccc(-c2nc(-c3cccc(-c4ccc5c(c4)C4c6ccccc6C5c5cc(-c6cccc(-c7nc(-c8ccccc8)nc(-c8ccccc8-c8ccncc8)n7)c6)ccc54)c3)nc(-c3ccccc3-c3ccncc3)n2)cc1. The molecule has 8 nitrogen and oxygen atoms in total. The summed E-state index contributed by atoms with van der Waals surface area (Å²) in [7, 11) is 0. The highest BCUT2D eigenvalue weighted by Crippen LogP contribution is 2.57. The fourth-order valence-electron chi connectivity index (χ4n) is 11.9. The number of hydrogen-bond donors (Lipinski definition) is 0. The van der Waals surface area contributed by atoms with E-state index in [1.54, 1.807) is 0 Å². The van der Waals surface area contributed by atoms with Gasteiger partial charge in [0, 0.05) is 70.0 Å². The van der Waals surface area contributed by atoms with E-state index in [4.69, 9.17) is 29.9 Å². The van der Waals surface area contributed by atoms with Gasteiger partial charge in [0.15, 0.2) is 34.9 Å². The van der Waals surface area contributed by atoms with Crippen LogP contribution < -0.4 is 0 Å². The molecule has 3 aliphatic rings. The molecule has 2 atom stereocenters. The standard InChI is InChI=1S/C72H46N8/c1-3-15-47(16-4-1)67-75-69(79-71(77-67)61-27-11-7-23-55(61)45-33-37-73-38-34-45)53-21-13-19-49(41-53)51-29-31-59-63(43-51)65-57-25-9-10-26-58(57)66(59)64-44-52(30-32-60(64)65)50-20-14-22-54(42-50)70-76-68(48-17-5-2-6-18-48)78-72(80-70)62-28-12-8-24-56(62)46-35-39-74-40-36-46/h1-44,65-66H.